The summed E-state index contributed by atoms with van der Waals surface area (Å²) < 4.78 is 16.3. The van der Waals surface area contributed by atoms with Crippen LogP contribution in [-0.4, -0.2) is 32.5 Å². The lowest BCUT2D eigenvalue weighted by Crippen LogP contribution is -2.20. The number of fused-ring (bicyclic) bond motifs is 1. The molecule has 2 heterocycles. The Kier molecular flexibility index (Phi) is 2.99. The van der Waals surface area contributed by atoms with Gasteiger partial charge in [0.2, 0.25) is 0 Å². The zero-order valence-corrected chi connectivity index (χ0v) is 10.1. The van der Waals surface area contributed by atoms with E-state index in [2.05, 4.69) is 5.32 Å². The molecule has 0 spiro atoms. The molecule has 2 aliphatic rings. The fourth-order valence-electron chi connectivity index (χ4n) is 2.04. The molecule has 0 amide bonds. The molecule has 0 saturated carbocycles. The van der Waals surface area contributed by atoms with Crippen molar-refractivity contribution < 1.29 is 14.2 Å². The van der Waals surface area contributed by atoms with Gasteiger partial charge in [0, 0.05) is 18.7 Å². The van der Waals surface area contributed by atoms with E-state index in [0.717, 1.165) is 36.8 Å². The number of hydrogen-bond acceptors (Lipinski definition) is 4. The molecular weight excluding hydrogens is 242 g/mol. The van der Waals surface area contributed by atoms with Crippen molar-refractivity contribution in [2.75, 3.05) is 31.7 Å². The number of nitrogens with one attached hydrogen (secondary N) is 1. The lowest BCUT2D eigenvalue weighted by atomic mass is 10.2. The van der Waals surface area contributed by atoms with Gasteiger partial charge in [-0.25, -0.2) is 0 Å². The van der Waals surface area contributed by atoms with E-state index in [0.29, 0.717) is 24.3 Å². The Labute approximate surface area is 105 Å². The smallest absolute Gasteiger partial charge is 0.163 e. The summed E-state index contributed by atoms with van der Waals surface area (Å²) in [5, 5.41) is 4.02. The number of ether oxygens (including phenoxy) is 3. The maximum atomic E-state index is 6.20. The molecule has 1 aromatic carbocycles. The van der Waals surface area contributed by atoms with Crippen LogP contribution < -0.4 is 14.8 Å². The third-order valence-electron chi connectivity index (χ3n) is 2.92. The highest BCUT2D eigenvalue weighted by atomic mass is 35.5. The molecule has 1 fully saturated rings. The minimum atomic E-state index is 0.329. The minimum absolute atomic E-state index is 0.329. The summed E-state index contributed by atoms with van der Waals surface area (Å²) >= 11 is 6.20. The molecule has 0 aromatic heterocycles. The van der Waals surface area contributed by atoms with Crippen LogP contribution in [0.25, 0.3) is 0 Å². The van der Waals surface area contributed by atoms with Gasteiger partial charge in [-0.3, -0.25) is 0 Å². The average molecular weight is 256 g/mol. The monoisotopic (exact) mass is 255 g/mol. The van der Waals surface area contributed by atoms with Gasteiger partial charge in [0.05, 0.1) is 23.4 Å². The van der Waals surface area contributed by atoms with Crippen molar-refractivity contribution in [3.8, 4) is 11.5 Å². The fraction of sp³-hybridized carbons (Fsp3) is 0.500. The van der Waals surface area contributed by atoms with E-state index >= 15 is 0 Å². The second-order valence-corrected chi connectivity index (χ2v) is 4.59. The van der Waals surface area contributed by atoms with Crippen LogP contribution >= 0.6 is 11.6 Å². The van der Waals surface area contributed by atoms with Crippen LogP contribution in [0.3, 0.4) is 0 Å². The molecule has 0 bridgehead atoms. The van der Waals surface area contributed by atoms with Crippen LogP contribution in [0.2, 0.25) is 5.02 Å². The molecule has 1 aromatic rings. The predicted molar refractivity (Wildman–Crippen MR) is 65.3 cm³/mol. The van der Waals surface area contributed by atoms with Crippen LogP contribution in [0.5, 0.6) is 11.5 Å². The van der Waals surface area contributed by atoms with E-state index in [4.69, 9.17) is 25.8 Å². The second-order valence-electron chi connectivity index (χ2n) is 4.18. The van der Waals surface area contributed by atoms with Crippen LogP contribution in [0, 0.1) is 0 Å². The number of anilines is 1. The van der Waals surface area contributed by atoms with Crippen LogP contribution in [0.1, 0.15) is 6.42 Å². The van der Waals surface area contributed by atoms with Gasteiger partial charge >= 0.3 is 0 Å². The lowest BCUT2D eigenvalue weighted by molar-refractivity contribution is 0.171. The molecule has 1 unspecified atom stereocenters. The van der Waals surface area contributed by atoms with Gasteiger partial charge in [-0.2, -0.15) is 0 Å². The fourth-order valence-corrected chi connectivity index (χ4v) is 2.25. The normalized spacial score (nSPS) is 22.5. The summed E-state index contributed by atoms with van der Waals surface area (Å²) in [5.74, 6) is 1.47. The van der Waals surface area contributed by atoms with Crippen molar-refractivity contribution in [2.45, 2.75) is 12.5 Å². The Morgan fingerprint density at radius 2 is 1.88 bits per heavy atom. The first-order valence-electron chi connectivity index (χ1n) is 5.76. The molecule has 92 valence electrons. The predicted octanol–water partition coefficient (Wildman–Crippen LogP) is 2.31. The largest absolute Gasteiger partial charge is 0.486 e. The number of benzene rings is 1. The number of halogens is 1. The van der Waals surface area contributed by atoms with Gasteiger partial charge in [-0.1, -0.05) is 11.6 Å². The van der Waals surface area contributed by atoms with Gasteiger partial charge in [-0.15, -0.1) is 0 Å². The van der Waals surface area contributed by atoms with Gasteiger partial charge in [0.15, 0.2) is 11.5 Å². The molecule has 0 radical (unpaired) electrons. The summed E-state index contributed by atoms with van der Waals surface area (Å²) in [6.07, 6.45) is 1.00. The maximum absolute atomic E-state index is 6.20. The first kappa shape index (κ1) is 11.0. The summed E-state index contributed by atoms with van der Waals surface area (Å²) in [6, 6.07) is 4.03. The van der Waals surface area contributed by atoms with Crippen molar-refractivity contribution in [3.63, 3.8) is 0 Å². The molecule has 3 rings (SSSR count). The van der Waals surface area contributed by atoms with Crippen molar-refractivity contribution in [1.29, 1.82) is 0 Å². The Morgan fingerprint density at radius 3 is 2.59 bits per heavy atom. The third kappa shape index (κ3) is 2.28. The van der Waals surface area contributed by atoms with Crippen molar-refractivity contribution >= 4 is 17.3 Å². The quantitative estimate of drug-likeness (QED) is 0.880. The molecule has 17 heavy (non-hydrogen) atoms. The van der Waals surface area contributed by atoms with E-state index in [-0.39, 0.29) is 0 Å². The second kappa shape index (κ2) is 4.63. The van der Waals surface area contributed by atoms with Crippen LogP contribution in [-0.2, 0) is 4.74 Å². The van der Waals surface area contributed by atoms with Gasteiger partial charge in [0.1, 0.15) is 13.2 Å². The van der Waals surface area contributed by atoms with E-state index in [9.17, 15) is 0 Å². The average Bonchev–Trinajstić information content (AvgIpc) is 2.83. The zero-order chi connectivity index (χ0) is 11.7. The summed E-state index contributed by atoms with van der Waals surface area (Å²) in [6.45, 7) is 2.69. The molecular formula is C12H14ClNO3. The number of hydrogen-bond donors (Lipinski definition) is 1. The maximum Gasteiger partial charge on any atom is 0.163 e. The third-order valence-corrected chi connectivity index (χ3v) is 3.23. The molecule has 0 aliphatic carbocycles. The standard InChI is InChI=1S/C12H14ClNO3/c13-9-5-11-12(17-4-3-16-11)6-10(9)14-8-1-2-15-7-8/h5-6,8,14H,1-4,7H2. The molecule has 4 nitrogen and oxygen atoms in total. The summed E-state index contributed by atoms with van der Waals surface area (Å²) in [7, 11) is 0. The zero-order valence-electron chi connectivity index (χ0n) is 9.37. The minimum Gasteiger partial charge on any atom is -0.486 e. The Bertz CT molecular complexity index is 418. The van der Waals surface area contributed by atoms with Crippen LogP contribution in [0.15, 0.2) is 12.1 Å². The van der Waals surface area contributed by atoms with Crippen LogP contribution in [0.4, 0.5) is 5.69 Å². The Balaban J connectivity index is 1.83. The van der Waals surface area contributed by atoms with E-state index in [1.54, 1.807) is 6.07 Å². The lowest BCUT2D eigenvalue weighted by Gasteiger charge is -2.21. The van der Waals surface area contributed by atoms with Gasteiger partial charge in [0.25, 0.3) is 0 Å². The highest BCUT2D eigenvalue weighted by molar-refractivity contribution is 6.33. The topological polar surface area (TPSA) is 39.7 Å². The Morgan fingerprint density at radius 1 is 1.12 bits per heavy atom. The first-order valence-corrected chi connectivity index (χ1v) is 6.14. The van der Waals surface area contributed by atoms with E-state index < -0.39 is 0 Å². The first-order chi connectivity index (χ1) is 8.33. The van der Waals surface area contributed by atoms with Crippen molar-refractivity contribution in [3.05, 3.63) is 17.2 Å². The molecule has 2 aliphatic heterocycles. The van der Waals surface area contributed by atoms with Crippen molar-refractivity contribution in [2.24, 2.45) is 0 Å². The molecule has 1 saturated heterocycles. The molecule has 5 heteroatoms. The van der Waals surface area contributed by atoms with Gasteiger partial charge < -0.3 is 19.5 Å². The van der Waals surface area contributed by atoms with Crippen molar-refractivity contribution in [1.82, 2.24) is 0 Å². The van der Waals surface area contributed by atoms with E-state index in [1.807, 2.05) is 6.07 Å². The van der Waals surface area contributed by atoms with E-state index in [1.165, 1.54) is 0 Å². The summed E-state index contributed by atoms with van der Waals surface area (Å²) in [5.41, 5.74) is 0.881. The molecule has 1 N–H and O–H groups in total. The highest BCUT2D eigenvalue weighted by Gasteiger charge is 2.19. The molecule has 1 atom stereocenters. The van der Waals surface area contributed by atoms with Gasteiger partial charge in [-0.05, 0) is 6.42 Å². The summed E-state index contributed by atoms with van der Waals surface area (Å²) in [4.78, 5) is 0. The number of rotatable bonds is 2. The highest BCUT2D eigenvalue weighted by Crippen LogP contribution is 2.38. The SMILES string of the molecule is Clc1cc2c(cc1NC1CCOC1)OCCO2. The Hall–Kier alpha value is -1.13.